The van der Waals surface area contributed by atoms with Crippen molar-refractivity contribution >= 4 is 48.8 Å². The Hall–Kier alpha value is -2.58. The second kappa shape index (κ2) is 12.0. The summed E-state index contributed by atoms with van der Waals surface area (Å²) in [5.41, 5.74) is 0.528. The molecule has 1 aliphatic rings. The number of fused-ring (bicyclic) bond motifs is 1. The molecule has 0 saturated heterocycles. The summed E-state index contributed by atoms with van der Waals surface area (Å²) in [6.07, 6.45) is 1.35. The molecule has 2 aromatic carbocycles. The average Bonchev–Trinajstić information content (AvgIpc) is 2.75. The van der Waals surface area contributed by atoms with Crippen LogP contribution in [0.4, 0.5) is 0 Å². The van der Waals surface area contributed by atoms with Crippen LogP contribution >= 0.6 is 0 Å². The standard InChI is InChI=1S/C25H36O14S4Si/c1-25(2,3)44(8,9)39-23-15-18-20(13-17(35-40(4,26)27)14-21(18)37-42(6,30)31)34-24(23)16-10-11-19(36-41(5,28)29)22(12-16)38-43(7,32)33/h10-14,23-24H,15H2,1-9H3/t23-,24-/m1/s1. The zero-order valence-electron chi connectivity index (χ0n) is 25.6. The Balaban J connectivity index is 2.27. The lowest BCUT2D eigenvalue weighted by Gasteiger charge is -2.43. The van der Waals surface area contributed by atoms with Crippen molar-refractivity contribution in [2.45, 2.75) is 57.5 Å². The molecule has 0 bridgehead atoms. The second-order valence-electron chi connectivity index (χ2n) is 11.9. The van der Waals surface area contributed by atoms with E-state index >= 15 is 0 Å². The first kappa shape index (κ1) is 35.9. The second-order valence-corrected chi connectivity index (χ2v) is 23.0. The highest BCUT2D eigenvalue weighted by Crippen LogP contribution is 2.47. The number of hydrogen-bond donors (Lipinski definition) is 0. The summed E-state index contributed by atoms with van der Waals surface area (Å²) >= 11 is 0. The van der Waals surface area contributed by atoms with E-state index in [1.54, 1.807) is 0 Å². The number of benzene rings is 2. The van der Waals surface area contributed by atoms with Gasteiger partial charge in [0.1, 0.15) is 17.6 Å². The molecular formula is C25H36O14S4Si. The molecule has 0 amide bonds. The highest BCUT2D eigenvalue weighted by molar-refractivity contribution is 7.87. The smallest absolute Gasteiger partial charge is 0.306 e. The molecule has 0 fully saturated rings. The molecular weight excluding hydrogens is 681 g/mol. The minimum absolute atomic E-state index is 0.00641. The van der Waals surface area contributed by atoms with Crippen molar-refractivity contribution in [3.63, 3.8) is 0 Å². The van der Waals surface area contributed by atoms with E-state index in [0.717, 1.165) is 31.1 Å². The van der Waals surface area contributed by atoms with Gasteiger partial charge < -0.3 is 25.9 Å². The van der Waals surface area contributed by atoms with Crippen molar-refractivity contribution in [2.24, 2.45) is 0 Å². The fourth-order valence-electron chi connectivity index (χ4n) is 3.99. The molecule has 0 N–H and O–H groups in total. The van der Waals surface area contributed by atoms with E-state index in [4.69, 9.17) is 25.9 Å². The largest absolute Gasteiger partial charge is 0.482 e. The topological polar surface area (TPSA) is 192 Å². The maximum absolute atomic E-state index is 12.1. The Labute approximate surface area is 260 Å². The van der Waals surface area contributed by atoms with Crippen LogP contribution in [0.3, 0.4) is 0 Å². The van der Waals surface area contributed by atoms with Gasteiger partial charge in [0, 0.05) is 24.1 Å². The third-order valence-corrected chi connectivity index (χ3v) is 13.1. The van der Waals surface area contributed by atoms with Crippen molar-refractivity contribution in [3.8, 4) is 28.7 Å². The molecule has 0 aliphatic carbocycles. The lowest BCUT2D eigenvalue weighted by Crippen LogP contribution is -2.47. The quantitative estimate of drug-likeness (QED) is 0.243. The van der Waals surface area contributed by atoms with Crippen molar-refractivity contribution in [1.82, 2.24) is 0 Å². The van der Waals surface area contributed by atoms with Gasteiger partial charge in [-0.1, -0.05) is 26.8 Å². The van der Waals surface area contributed by atoms with Gasteiger partial charge >= 0.3 is 40.5 Å². The molecule has 14 nitrogen and oxygen atoms in total. The summed E-state index contributed by atoms with van der Waals surface area (Å²) in [7, 11) is -18.9. The highest BCUT2D eigenvalue weighted by atomic mass is 32.2. The molecule has 1 aliphatic heterocycles. The third-order valence-electron chi connectivity index (χ3n) is 6.66. The normalized spacial score (nSPS) is 18.1. The lowest BCUT2D eigenvalue weighted by atomic mass is 9.94. The van der Waals surface area contributed by atoms with E-state index < -0.39 is 72.5 Å². The van der Waals surface area contributed by atoms with E-state index in [1.165, 1.54) is 24.3 Å². The van der Waals surface area contributed by atoms with Crippen molar-refractivity contribution in [1.29, 1.82) is 0 Å². The molecule has 0 radical (unpaired) electrons. The SMILES string of the molecule is CC(C)(C)[Si](C)(C)O[C@@H]1Cc2c(cc(OS(C)(=O)=O)cc2OS(C)(=O)=O)O[C@@H]1c1ccc(OS(C)(=O)=O)c(OS(C)(=O)=O)c1. The summed E-state index contributed by atoms with van der Waals surface area (Å²) < 4.78 is 129. The van der Waals surface area contributed by atoms with Gasteiger partial charge in [0.15, 0.2) is 25.6 Å². The molecule has 0 aromatic heterocycles. The first-order valence-electron chi connectivity index (χ1n) is 12.9. The average molecular weight is 717 g/mol. The Morgan fingerprint density at radius 3 is 1.70 bits per heavy atom. The monoisotopic (exact) mass is 716 g/mol. The first-order chi connectivity index (χ1) is 19.6. The molecule has 0 unspecified atom stereocenters. The predicted octanol–water partition coefficient (Wildman–Crippen LogP) is 3.11. The van der Waals surface area contributed by atoms with Crippen LogP contribution in [-0.2, 0) is 51.3 Å². The number of rotatable bonds is 11. The van der Waals surface area contributed by atoms with Crippen LogP contribution in [0.2, 0.25) is 18.1 Å². The van der Waals surface area contributed by atoms with Crippen molar-refractivity contribution in [3.05, 3.63) is 41.5 Å². The minimum atomic E-state index is -4.15. The molecule has 3 rings (SSSR count). The summed E-state index contributed by atoms with van der Waals surface area (Å²) in [5, 5.41) is -0.283. The highest BCUT2D eigenvalue weighted by Gasteiger charge is 2.44. The molecule has 2 aromatic rings. The lowest BCUT2D eigenvalue weighted by molar-refractivity contribution is 0.0280. The van der Waals surface area contributed by atoms with E-state index in [0.29, 0.717) is 0 Å². The Morgan fingerprint density at radius 2 is 1.20 bits per heavy atom. The van der Waals surface area contributed by atoms with Crippen LogP contribution < -0.4 is 21.5 Å². The predicted molar refractivity (Wildman–Crippen MR) is 164 cm³/mol. The number of ether oxygens (including phenoxy) is 1. The Morgan fingerprint density at radius 1 is 0.705 bits per heavy atom. The fraction of sp³-hybridized carbons (Fsp3) is 0.520. The zero-order chi connectivity index (χ0) is 33.7. The number of hydrogen-bond acceptors (Lipinski definition) is 14. The Kier molecular flexibility index (Phi) is 9.77. The minimum Gasteiger partial charge on any atom is -0.482 e. The molecule has 248 valence electrons. The van der Waals surface area contributed by atoms with Crippen molar-refractivity contribution < 1.29 is 59.6 Å². The van der Waals surface area contributed by atoms with Gasteiger partial charge in [-0.05, 0) is 35.8 Å². The summed E-state index contributed by atoms with van der Waals surface area (Å²) in [6.45, 7) is 9.99. The van der Waals surface area contributed by atoms with Gasteiger partial charge in [0.2, 0.25) is 0 Å². The molecule has 2 atom stereocenters. The zero-order valence-corrected chi connectivity index (χ0v) is 29.9. The molecule has 1 heterocycles. The van der Waals surface area contributed by atoms with E-state index in [9.17, 15) is 33.7 Å². The maximum atomic E-state index is 12.1. The summed E-state index contributed by atoms with van der Waals surface area (Å²) in [5.74, 6) is -1.35. The van der Waals surface area contributed by atoms with Crippen molar-refractivity contribution in [2.75, 3.05) is 25.0 Å². The van der Waals surface area contributed by atoms with Crippen LogP contribution in [-0.4, -0.2) is 73.1 Å². The van der Waals surface area contributed by atoms with Gasteiger partial charge in [0.25, 0.3) is 0 Å². The fourth-order valence-corrected chi connectivity index (χ4v) is 7.14. The molecule has 0 saturated carbocycles. The summed E-state index contributed by atoms with van der Waals surface area (Å²) in [6, 6.07) is 6.21. The van der Waals surface area contributed by atoms with E-state index in [1.807, 2.05) is 33.9 Å². The van der Waals surface area contributed by atoms with Crippen LogP contribution in [0.5, 0.6) is 28.7 Å². The Bertz CT molecular complexity index is 1860. The molecule has 19 heteroatoms. The van der Waals surface area contributed by atoms with Crippen LogP contribution in [0.15, 0.2) is 30.3 Å². The van der Waals surface area contributed by atoms with Crippen LogP contribution in [0, 0.1) is 0 Å². The third kappa shape index (κ3) is 9.96. The van der Waals surface area contributed by atoms with Gasteiger partial charge in [-0.2, -0.15) is 33.7 Å². The van der Waals surface area contributed by atoms with E-state index in [-0.39, 0.29) is 39.8 Å². The van der Waals surface area contributed by atoms with Crippen LogP contribution in [0.25, 0.3) is 0 Å². The molecule has 44 heavy (non-hydrogen) atoms. The van der Waals surface area contributed by atoms with Gasteiger partial charge in [-0.25, -0.2) is 0 Å². The first-order valence-corrected chi connectivity index (χ1v) is 23.0. The van der Waals surface area contributed by atoms with Crippen LogP contribution in [0.1, 0.15) is 38.0 Å². The van der Waals surface area contributed by atoms with Gasteiger partial charge in [0.05, 0.1) is 31.1 Å². The van der Waals surface area contributed by atoms with Gasteiger partial charge in [-0.3, -0.25) is 0 Å². The molecule has 0 spiro atoms. The van der Waals surface area contributed by atoms with Gasteiger partial charge in [-0.15, -0.1) is 0 Å². The summed E-state index contributed by atoms with van der Waals surface area (Å²) in [4.78, 5) is 0. The maximum Gasteiger partial charge on any atom is 0.306 e. The van der Waals surface area contributed by atoms with E-state index in [2.05, 4.69) is 0 Å².